The molecule has 5 heteroatoms. The van der Waals surface area contributed by atoms with Crippen LogP contribution >= 0.6 is 0 Å². The Morgan fingerprint density at radius 2 is 2.11 bits per heavy atom. The van der Waals surface area contributed by atoms with Crippen molar-refractivity contribution in [3.8, 4) is 17.0 Å². The minimum atomic E-state index is 0.269. The largest absolute Gasteiger partial charge is 0.497 e. The Labute approximate surface area is 110 Å². The zero-order valence-electron chi connectivity index (χ0n) is 10.5. The summed E-state index contributed by atoms with van der Waals surface area (Å²) in [6.45, 7) is 0.269. The molecule has 2 N–H and O–H groups in total. The second kappa shape index (κ2) is 4.70. The fraction of sp³-hybridized carbons (Fsp3) is 0.143. The summed E-state index contributed by atoms with van der Waals surface area (Å²) < 4.78 is 10.6. The molecule has 0 fully saturated rings. The van der Waals surface area contributed by atoms with E-state index in [0.717, 1.165) is 17.0 Å². The number of hydrogen-bond donors (Lipinski definition) is 1. The van der Waals surface area contributed by atoms with Crippen LogP contribution in [0.25, 0.3) is 22.5 Å². The van der Waals surface area contributed by atoms with Crippen LogP contribution in [0.2, 0.25) is 0 Å². The molecule has 0 bridgehead atoms. The number of rotatable bonds is 3. The number of nitrogens with zero attached hydrogens (tertiary/aromatic N) is 2. The number of methoxy groups -OCH3 is 1. The summed E-state index contributed by atoms with van der Waals surface area (Å²) in [6, 6.07) is 11.5. The molecule has 0 aliphatic rings. The molecule has 19 heavy (non-hydrogen) atoms. The summed E-state index contributed by atoms with van der Waals surface area (Å²) in [5, 5.41) is 0. The number of nitrogens with two attached hydrogens (primary N) is 1. The third-order valence-corrected chi connectivity index (χ3v) is 2.84. The number of oxazole rings is 1. The van der Waals surface area contributed by atoms with E-state index in [1.54, 1.807) is 7.11 Å². The molecule has 96 valence electrons. The standard InChI is InChI=1S/C14H13N3O2/c1-18-10-4-2-3-9(7-10)11-5-6-12-14(16-11)17-13(8-15)19-12/h2-7H,8,15H2,1H3. The lowest BCUT2D eigenvalue weighted by atomic mass is 10.1. The molecule has 0 radical (unpaired) electrons. The number of ether oxygens (including phenoxy) is 1. The average molecular weight is 255 g/mol. The van der Waals surface area contributed by atoms with Gasteiger partial charge in [0.05, 0.1) is 19.3 Å². The summed E-state index contributed by atoms with van der Waals surface area (Å²) in [5.41, 5.74) is 8.51. The van der Waals surface area contributed by atoms with E-state index in [1.165, 1.54) is 0 Å². The van der Waals surface area contributed by atoms with Crippen molar-refractivity contribution in [3.63, 3.8) is 0 Å². The Balaban J connectivity index is 2.08. The van der Waals surface area contributed by atoms with Crippen LogP contribution in [-0.4, -0.2) is 17.1 Å². The van der Waals surface area contributed by atoms with E-state index in [1.807, 2.05) is 36.4 Å². The number of aromatic nitrogens is 2. The van der Waals surface area contributed by atoms with Crippen molar-refractivity contribution in [1.29, 1.82) is 0 Å². The van der Waals surface area contributed by atoms with Gasteiger partial charge in [-0.1, -0.05) is 12.1 Å². The first kappa shape index (κ1) is 11.7. The van der Waals surface area contributed by atoms with E-state index in [0.29, 0.717) is 17.1 Å². The van der Waals surface area contributed by atoms with Crippen molar-refractivity contribution >= 4 is 11.2 Å². The fourth-order valence-electron chi connectivity index (χ4n) is 1.89. The van der Waals surface area contributed by atoms with Crippen LogP contribution in [0.1, 0.15) is 5.89 Å². The number of fused-ring (bicyclic) bond motifs is 1. The molecule has 1 aromatic carbocycles. The lowest BCUT2D eigenvalue weighted by molar-refractivity contribution is 0.415. The van der Waals surface area contributed by atoms with Gasteiger partial charge in [0.2, 0.25) is 5.89 Å². The zero-order chi connectivity index (χ0) is 13.2. The van der Waals surface area contributed by atoms with E-state index >= 15 is 0 Å². The lowest BCUT2D eigenvalue weighted by Crippen LogP contribution is -1.95. The van der Waals surface area contributed by atoms with Gasteiger partial charge in [0.25, 0.3) is 0 Å². The van der Waals surface area contributed by atoms with Crippen LogP contribution < -0.4 is 10.5 Å². The molecule has 2 aromatic heterocycles. The Kier molecular flexibility index (Phi) is 2.89. The predicted molar refractivity (Wildman–Crippen MR) is 71.7 cm³/mol. The first-order chi connectivity index (χ1) is 9.30. The number of pyridine rings is 1. The molecular weight excluding hydrogens is 242 g/mol. The van der Waals surface area contributed by atoms with Crippen molar-refractivity contribution in [2.24, 2.45) is 5.73 Å². The van der Waals surface area contributed by atoms with Crippen molar-refractivity contribution in [2.45, 2.75) is 6.54 Å². The molecule has 2 heterocycles. The molecule has 0 aliphatic carbocycles. The normalized spacial score (nSPS) is 10.8. The Morgan fingerprint density at radius 1 is 1.21 bits per heavy atom. The summed E-state index contributed by atoms with van der Waals surface area (Å²) in [6.07, 6.45) is 0. The monoisotopic (exact) mass is 255 g/mol. The van der Waals surface area contributed by atoms with Gasteiger partial charge in [-0.3, -0.25) is 0 Å². The molecule has 0 spiro atoms. The van der Waals surface area contributed by atoms with Crippen molar-refractivity contribution in [1.82, 2.24) is 9.97 Å². The fourth-order valence-corrected chi connectivity index (χ4v) is 1.89. The van der Waals surface area contributed by atoms with Gasteiger partial charge in [0.15, 0.2) is 11.2 Å². The molecule has 3 aromatic rings. The first-order valence-corrected chi connectivity index (χ1v) is 5.91. The quantitative estimate of drug-likeness (QED) is 0.777. The smallest absolute Gasteiger partial charge is 0.210 e. The second-order valence-corrected chi connectivity index (χ2v) is 4.06. The molecule has 0 atom stereocenters. The van der Waals surface area contributed by atoms with E-state index < -0.39 is 0 Å². The molecule has 0 saturated carbocycles. The minimum Gasteiger partial charge on any atom is -0.497 e. The van der Waals surface area contributed by atoms with E-state index in [-0.39, 0.29) is 6.54 Å². The van der Waals surface area contributed by atoms with Crippen molar-refractivity contribution in [3.05, 3.63) is 42.3 Å². The molecule has 3 rings (SSSR count). The highest BCUT2D eigenvalue weighted by Gasteiger charge is 2.08. The van der Waals surface area contributed by atoms with Gasteiger partial charge in [0, 0.05) is 5.56 Å². The second-order valence-electron chi connectivity index (χ2n) is 4.06. The summed E-state index contributed by atoms with van der Waals surface area (Å²) in [4.78, 5) is 8.70. The summed E-state index contributed by atoms with van der Waals surface area (Å²) in [7, 11) is 1.64. The highest BCUT2D eigenvalue weighted by atomic mass is 16.5. The molecule has 0 aliphatic heterocycles. The maximum absolute atomic E-state index is 5.50. The summed E-state index contributed by atoms with van der Waals surface area (Å²) in [5.74, 6) is 1.28. The van der Waals surface area contributed by atoms with Crippen LogP contribution in [0, 0.1) is 0 Å². The Morgan fingerprint density at radius 3 is 2.89 bits per heavy atom. The highest BCUT2D eigenvalue weighted by Crippen LogP contribution is 2.24. The molecule has 0 amide bonds. The van der Waals surface area contributed by atoms with E-state index in [4.69, 9.17) is 14.9 Å². The van der Waals surface area contributed by atoms with E-state index in [9.17, 15) is 0 Å². The topological polar surface area (TPSA) is 74.2 Å². The molecule has 0 saturated heterocycles. The van der Waals surface area contributed by atoms with Crippen LogP contribution in [0.5, 0.6) is 5.75 Å². The van der Waals surface area contributed by atoms with Gasteiger partial charge in [-0.2, -0.15) is 4.98 Å². The van der Waals surface area contributed by atoms with Crippen LogP contribution in [0.15, 0.2) is 40.8 Å². The molecule has 5 nitrogen and oxygen atoms in total. The van der Waals surface area contributed by atoms with Gasteiger partial charge >= 0.3 is 0 Å². The van der Waals surface area contributed by atoms with Crippen molar-refractivity contribution < 1.29 is 9.15 Å². The Hall–Kier alpha value is -2.40. The maximum Gasteiger partial charge on any atom is 0.210 e. The number of hydrogen-bond acceptors (Lipinski definition) is 5. The molecular formula is C14H13N3O2. The van der Waals surface area contributed by atoms with Gasteiger partial charge < -0.3 is 14.9 Å². The lowest BCUT2D eigenvalue weighted by Gasteiger charge is -2.03. The van der Waals surface area contributed by atoms with Crippen LogP contribution in [0.4, 0.5) is 0 Å². The van der Waals surface area contributed by atoms with Gasteiger partial charge in [-0.25, -0.2) is 4.98 Å². The minimum absolute atomic E-state index is 0.269. The van der Waals surface area contributed by atoms with Crippen molar-refractivity contribution in [2.75, 3.05) is 7.11 Å². The number of benzene rings is 1. The van der Waals surface area contributed by atoms with Gasteiger partial charge in [-0.05, 0) is 24.3 Å². The van der Waals surface area contributed by atoms with Gasteiger partial charge in [0.1, 0.15) is 5.75 Å². The third-order valence-electron chi connectivity index (χ3n) is 2.84. The van der Waals surface area contributed by atoms with Crippen LogP contribution in [-0.2, 0) is 6.54 Å². The molecule has 0 unspecified atom stereocenters. The SMILES string of the molecule is COc1cccc(-c2ccc3oc(CN)nc3n2)c1. The van der Waals surface area contributed by atoms with Crippen LogP contribution in [0.3, 0.4) is 0 Å². The first-order valence-electron chi connectivity index (χ1n) is 5.91. The highest BCUT2D eigenvalue weighted by molar-refractivity contribution is 5.73. The average Bonchev–Trinajstić information content (AvgIpc) is 2.89. The zero-order valence-corrected chi connectivity index (χ0v) is 10.5. The maximum atomic E-state index is 5.50. The van der Waals surface area contributed by atoms with E-state index in [2.05, 4.69) is 9.97 Å². The summed E-state index contributed by atoms with van der Waals surface area (Å²) >= 11 is 0. The van der Waals surface area contributed by atoms with Gasteiger partial charge in [-0.15, -0.1) is 0 Å². The predicted octanol–water partition coefficient (Wildman–Crippen LogP) is 2.36. The third kappa shape index (κ3) is 2.15. The Bertz CT molecular complexity index is 722.